The molecule has 0 aromatic heterocycles. The first-order chi connectivity index (χ1) is 4.66. The Morgan fingerprint density at radius 1 is 1.80 bits per heavy atom. The van der Waals surface area contributed by atoms with Crippen molar-refractivity contribution >= 4 is 11.9 Å². The monoisotopic (exact) mass is 143 g/mol. The van der Waals surface area contributed by atoms with Gasteiger partial charge in [0.2, 0.25) is 5.91 Å². The molecule has 1 aliphatic heterocycles. The van der Waals surface area contributed by atoms with Crippen molar-refractivity contribution < 1.29 is 14.7 Å². The van der Waals surface area contributed by atoms with Crippen molar-refractivity contribution in [3.63, 3.8) is 0 Å². The topological polar surface area (TPSA) is 66.4 Å². The van der Waals surface area contributed by atoms with Crippen LogP contribution in [0.1, 0.15) is 13.3 Å². The summed E-state index contributed by atoms with van der Waals surface area (Å²) in [6, 6.07) is -0.641. The van der Waals surface area contributed by atoms with E-state index in [2.05, 4.69) is 5.32 Å². The molecule has 0 spiro atoms. The predicted octanol–water partition coefficient (Wildman–Crippen LogP) is -0.404. The van der Waals surface area contributed by atoms with Crippen LogP contribution in [0.4, 0.5) is 0 Å². The third-order valence-corrected chi connectivity index (χ3v) is 1.74. The zero-order valence-corrected chi connectivity index (χ0v) is 5.63. The summed E-state index contributed by atoms with van der Waals surface area (Å²) in [6.45, 7) is 1.80. The van der Waals surface area contributed by atoms with Gasteiger partial charge in [-0.25, -0.2) is 4.79 Å². The maximum absolute atomic E-state index is 10.6. The number of carboxylic acids is 1. The van der Waals surface area contributed by atoms with Gasteiger partial charge in [0.15, 0.2) is 0 Å². The van der Waals surface area contributed by atoms with Crippen molar-refractivity contribution in [2.45, 2.75) is 19.4 Å². The summed E-state index contributed by atoms with van der Waals surface area (Å²) in [5.41, 5.74) is 0. The largest absolute Gasteiger partial charge is 0.480 e. The molecule has 0 bridgehead atoms. The Hall–Kier alpha value is -1.06. The van der Waals surface area contributed by atoms with Crippen molar-refractivity contribution in [2.75, 3.05) is 0 Å². The highest BCUT2D eigenvalue weighted by atomic mass is 16.4. The van der Waals surface area contributed by atoms with Gasteiger partial charge in [-0.05, 0) is 6.42 Å². The minimum absolute atomic E-state index is 0.144. The van der Waals surface area contributed by atoms with Crippen molar-refractivity contribution in [3.8, 4) is 0 Å². The van der Waals surface area contributed by atoms with E-state index in [-0.39, 0.29) is 11.8 Å². The van der Waals surface area contributed by atoms with Gasteiger partial charge in [-0.1, -0.05) is 6.92 Å². The quantitative estimate of drug-likeness (QED) is 0.517. The van der Waals surface area contributed by atoms with E-state index in [9.17, 15) is 9.59 Å². The van der Waals surface area contributed by atoms with Crippen LogP contribution in [0, 0.1) is 5.92 Å². The summed E-state index contributed by atoms with van der Waals surface area (Å²) in [5, 5.41) is 10.7. The molecule has 0 aromatic carbocycles. The Morgan fingerprint density at radius 3 is 2.60 bits per heavy atom. The Balaban J connectivity index is 2.53. The van der Waals surface area contributed by atoms with Crippen molar-refractivity contribution in [1.82, 2.24) is 5.32 Å². The van der Waals surface area contributed by atoms with Crippen LogP contribution in [0.3, 0.4) is 0 Å². The van der Waals surface area contributed by atoms with E-state index in [0.29, 0.717) is 6.42 Å². The van der Waals surface area contributed by atoms with Gasteiger partial charge in [-0.2, -0.15) is 0 Å². The molecule has 1 saturated heterocycles. The number of β-lactam (4-membered cyclic amide) rings is 1. The highest BCUT2D eigenvalue weighted by molar-refractivity contribution is 5.96. The summed E-state index contributed by atoms with van der Waals surface area (Å²) in [7, 11) is 0. The fourth-order valence-electron chi connectivity index (χ4n) is 1.07. The summed E-state index contributed by atoms with van der Waals surface area (Å²) >= 11 is 0. The van der Waals surface area contributed by atoms with E-state index < -0.39 is 12.0 Å². The molecule has 1 aliphatic rings. The van der Waals surface area contributed by atoms with Crippen LogP contribution in [0.25, 0.3) is 0 Å². The lowest BCUT2D eigenvalue weighted by atomic mass is 9.88. The first-order valence-corrected chi connectivity index (χ1v) is 3.20. The van der Waals surface area contributed by atoms with Crippen LogP contribution in [-0.4, -0.2) is 23.0 Å². The lowest BCUT2D eigenvalue weighted by Crippen LogP contribution is -2.61. The smallest absolute Gasteiger partial charge is 0.327 e. The molecule has 2 N–H and O–H groups in total. The molecule has 4 nitrogen and oxygen atoms in total. The molecular weight excluding hydrogens is 134 g/mol. The summed E-state index contributed by atoms with van der Waals surface area (Å²) < 4.78 is 0. The SMILES string of the molecule is CC[C@H]1C(=O)N[C@@H]1C(=O)O. The van der Waals surface area contributed by atoms with E-state index in [4.69, 9.17) is 5.11 Å². The number of aliphatic carboxylic acids is 1. The van der Waals surface area contributed by atoms with E-state index in [0.717, 1.165) is 0 Å². The second kappa shape index (κ2) is 2.28. The minimum Gasteiger partial charge on any atom is -0.480 e. The van der Waals surface area contributed by atoms with Crippen molar-refractivity contribution in [1.29, 1.82) is 0 Å². The fourth-order valence-corrected chi connectivity index (χ4v) is 1.07. The maximum Gasteiger partial charge on any atom is 0.327 e. The van der Waals surface area contributed by atoms with Crippen LogP contribution in [0.5, 0.6) is 0 Å². The van der Waals surface area contributed by atoms with Gasteiger partial charge in [-0.15, -0.1) is 0 Å². The molecule has 1 heterocycles. The molecule has 4 heteroatoms. The van der Waals surface area contributed by atoms with Gasteiger partial charge in [-0.3, -0.25) is 4.79 Å². The Morgan fingerprint density at radius 2 is 2.40 bits per heavy atom. The van der Waals surface area contributed by atoms with E-state index >= 15 is 0 Å². The molecule has 0 aliphatic carbocycles. The zero-order chi connectivity index (χ0) is 7.72. The molecule has 10 heavy (non-hydrogen) atoms. The van der Waals surface area contributed by atoms with Crippen LogP contribution >= 0.6 is 0 Å². The van der Waals surface area contributed by atoms with Crippen molar-refractivity contribution in [3.05, 3.63) is 0 Å². The molecule has 0 aromatic rings. The second-order valence-electron chi connectivity index (χ2n) is 2.34. The highest BCUT2D eigenvalue weighted by Gasteiger charge is 2.42. The van der Waals surface area contributed by atoms with Crippen LogP contribution < -0.4 is 5.32 Å². The normalized spacial score (nSPS) is 30.7. The fraction of sp³-hybridized carbons (Fsp3) is 0.667. The van der Waals surface area contributed by atoms with Crippen molar-refractivity contribution in [2.24, 2.45) is 5.92 Å². The highest BCUT2D eigenvalue weighted by Crippen LogP contribution is 2.18. The number of hydrogen-bond acceptors (Lipinski definition) is 2. The summed E-state index contributed by atoms with van der Waals surface area (Å²) in [4.78, 5) is 20.9. The standard InChI is InChI=1S/C6H9NO3/c1-2-3-4(6(9)10)7-5(3)8/h3-4H,2H2,1H3,(H,7,8)(H,9,10)/t3-,4+/m1/s1. The van der Waals surface area contributed by atoms with Gasteiger partial charge in [0.1, 0.15) is 6.04 Å². The zero-order valence-electron chi connectivity index (χ0n) is 5.63. The first-order valence-electron chi connectivity index (χ1n) is 3.20. The van der Waals surface area contributed by atoms with Gasteiger partial charge < -0.3 is 10.4 Å². The number of nitrogens with one attached hydrogen (secondary N) is 1. The van der Waals surface area contributed by atoms with Gasteiger partial charge in [0.05, 0.1) is 5.92 Å². The lowest BCUT2D eigenvalue weighted by Gasteiger charge is -2.32. The number of rotatable bonds is 2. The number of hydrogen-bond donors (Lipinski definition) is 2. The summed E-state index contributed by atoms with van der Waals surface area (Å²) in [6.07, 6.45) is 0.600. The van der Waals surface area contributed by atoms with E-state index in [1.165, 1.54) is 0 Å². The third-order valence-electron chi connectivity index (χ3n) is 1.74. The number of carbonyl (C=O) groups excluding carboxylic acids is 1. The molecule has 0 saturated carbocycles. The van der Waals surface area contributed by atoms with E-state index in [1.807, 2.05) is 0 Å². The Kier molecular flexibility index (Phi) is 1.61. The number of carbonyl (C=O) groups is 2. The van der Waals surface area contributed by atoms with Crippen LogP contribution in [0.15, 0.2) is 0 Å². The van der Waals surface area contributed by atoms with Gasteiger partial charge in [0, 0.05) is 0 Å². The summed E-state index contributed by atoms with van der Waals surface area (Å²) in [5.74, 6) is -1.39. The molecular formula is C6H9NO3. The molecule has 1 fully saturated rings. The Bertz CT molecular complexity index is 170. The number of carboxylic acid groups (broad SMARTS) is 1. The second-order valence-corrected chi connectivity index (χ2v) is 2.34. The first kappa shape index (κ1) is 7.05. The molecule has 0 radical (unpaired) electrons. The minimum atomic E-state index is -0.938. The molecule has 56 valence electrons. The van der Waals surface area contributed by atoms with Crippen LogP contribution in [0.2, 0.25) is 0 Å². The molecule has 1 rings (SSSR count). The van der Waals surface area contributed by atoms with Gasteiger partial charge >= 0.3 is 5.97 Å². The molecule has 1 amide bonds. The third kappa shape index (κ3) is 0.853. The van der Waals surface area contributed by atoms with E-state index in [1.54, 1.807) is 6.92 Å². The Labute approximate surface area is 58.2 Å². The molecule has 0 unspecified atom stereocenters. The molecule has 2 atom stereocenters. The lowest BCUT2D eigenvalue weighted by molar-refractivity contribution is -0.153. The number of amides is 1. The van der Waals surface area contributed by atoms with Gasteiger partial charge in [0.25, 0.3) is 0 Å². The predicted molar refractivity (Wildman–Crippen MR) is 33.3 cm³/mol. The maximum atomic E-state index is 10.6. The van der Waals surface area contributed by atoms with Crippen LogP contribution in [-0.2, 0) is 9.59 Å². The average molecular weight is 143 g/mol. The average Bonchev–Trinajstić information content (AvgIpc) is 1.83.